The first-order valence-electron chi connectivity index (χ1n) is 9.50. The van der Waals surface area contributed by atoms with E-state index in [0.717, 1.165) is 25.9 Å². The molecule has 1 fully saturated rings. The molecule has 1 saturated heterocycles. The number of piperidine rings is 1. The molecule has 1 aromatic heterocycles. The van der Waals surface area contributed by atoms with Gasteiger partial charge in [-0.1, -0.05) is 18.2 Å². The number of nitrogens with one attached hydrogen (secondary N) is 1. The summed E-state index contributed by atoms with van der Waals surface area (Å²) >= 11 is 0. The van der Waals surface area contributed by atoms with Crippen LogP contribution in [0.3, 0.4) is 0 Å². The van der Waals surface area contributed by atoms with Crippen molar-refractivity contribution in [2.75, 3.05) is 24.7 Å². The molecule has 140 valence electrons. The summed E-state index contributed by atoms with van der Waals surface area (Å²) in [5, 5.41) is 11.3. The number of aliphatic hydroxyl groups is 1. The van der Waals surface area contributed by atoms with Crippen LogP contribution in [0.1, 0.15) is 41.6 Å². The minimum absolute atomic E-state index is 0.277. The van der Waals surface area contributed by atoms with Gasteiger partial charge in [0.15, 0.2) is 18.1 Å². The fourth-order valence-electron chi connectivity index (χ4n) is 4.13. The van der Waals surface area contributed by atoms with E-state index in [0.29, 0.717) is 23.5 Å². The second kappa shape index (κ2) is 7.21. The Bertz CT molecular complexity index is 849. The molecule has 2 N–H and O–H groups in total. The molecule has 4 rings (SSSR count). The summed E-state index contributed by atoms with van der Waals surface area (Å²) in [5.74, 6) is -0.695. The Morgan fingerprint density at radius 1 is 1.15 bits per heavy atom. The number of rotatable bonds is 5. The zero-order valence-corrected chi connectivity index (χ0v) is 15.2. The molecule has 0 aliphatic carbocycles. The van der Waals surface area contributed by atoms with E-state index in [2.05, 4.69) is 4.98 Å². The number of quaternary nitrogens is 1. The molecule has 0 radical (unpaired) electrons. The van der Waals surface area contributed by atoms with Gasteiger partial charge in [-0.15, -0.1) is 0 Å². The largest absolute Gasteiger partial charge is 0.375 e. The van der Waals surface area contributed by atoms with Crippen LogP contribution in [-0.4, -0.2) is 41.5 Å². The number of ketones is 1. The first kappa shape index (κ1) is 17.8. The van der Waals surface area contributed by atoms with Crippen LogP contribution >= 0.6 is 0 Å². The molecular weight excluding hydrogens is 342 g/mol. The quantitative estimate of drug-likeness (QED) is 0.772. The number of Topliss-reactive ketones (excluding diaryl/α,β-unsaturated/α-hetero) is 1. The molecule has 1 atom stereocenters. The SMILES string of the molecule is O=C(C[C@@]1(O)C(=O)N(C[NH+]2CCCCC2)c2ccccc21)c1cccnc1. The van der Waals surface area contributed by atoms with Crippen molar-refractivity contribution in [1.82, 2.24) is 4.98 Å². The molecule has 3 heterocycles. The number of pyridine rings is 1. The number of amides is 1. The third-order valence-corrected chi connectivity index (χ3v) is 5.58. The lowest BCUT2D eigenvalue weighted by molar-refractivity contribution is -0.903. The molecule has 0 unspecified atom stereocenters. The molecule has 6 heteroatoms. The first-order chi connectivity index (χ1) is 13.1. The normalized spacial score (nSPS) is 22.7. The molecule has 2 aliphatic rings. The fourth-order valence-corrected chi connectivity index (χ4v) is 4.13. The summed E-state index contributed by atoms with van der Waals surface area (Å²) in [4.78, 5) is 32.9. The Morgan fingerprint density at radius 3 is 2.67 bits per heavy atom. The Labute approximate surface area is 158 Å². The van der Waals surface area contributed by atoms with Gasteiger partial charge in [0.1, 0.15) is 0 Å². The van der Waals surface area contributed by atoms with Crippen LogP contribution < -0.4 is 9.80 Å². The number of hydrogen-bond donors (Lipinski definition) is 2. The average molecular weight is 366 g/mol. The van der Waals surface area contributed by atoms with E-state index in [1.54, 1.807) is 35.4 Å². The van der Waals surface area contributed by atoms with E-state index in [1.807, 2.05) is 12.1 Å². The van der Waals surface area contributed by atoms with E-state index < -0.39 is 11.5 Å². The topological polar surface area (TPSA) is 74.9 Å². The van der Waals surface area contributed by atoms with E-state index >= 15 is 0 Å². The maximum atomic E-state index is 13.2. The Hall–Kier alpha value is -2.57. The molecule has 2 aromatic rings. The van der Waals surface area contributed by atoms with E-state index in [4.69, 9.17) is 0 Å². The Morgan fingerprint density at radius 2 is 1.93 bits per heavy atom. The Balaban J connectivity index is 1.62. The minimum Gasteiger partial charge on any atom is -0.375 e. The summed E-state index contributed by atoms with van der Waals surface area (Å²) in [6.07, 6.45) is 6.32. The van der Waals surface area contributed by atoms with E-state index in [1.165, 1.54) is 17.5 Å². The highest BCUT2D eigenvalue weighted by Crippen LogP contribution is 2.42. The van der Waals surface area contributed by atoms with Gasteiger partial charge in [-0.05, 0) is 37.5 Å². The van der Waals surface area contributed by atoms with Gasteiger partial charge in [0, 0.05) is 23.5 Å². The summed E-state index contributed by atoms with van der Waals surface area (Å²) in [6.45, 7) is 2.58. The molecular formula is C21H24N3O3+. The lowest BCUT2D eigenvalue weighted by Gasteiger charge is -2.29. The number of carbonyl (C=O) groups is 2. The van der Waals surface area contributed by atoms with Crippen molar-refractivity contribution < 1.29 is 19.6 Å². The molecule has 6 nitrogen and oxygen atoms in total. The lowest BCUT2D eigenvalue weighted by atomic mass is 9.88. The van der Waals surface area contributed by atoms with Crippen LogP contribution in [0.25, 0.3) is 0 Å². The predicted octanol–water partition coefficient (Wildman–Crippen LogP) is 0.915. The van der Waals surface area contributed by atoms with Crippen molar-refractivity contribution >= 4 is 17.4 Å². The Kier molecular flexibility index (Phi) is 4.76. The van der Waals surface area contributed by atoms with Gasteiger partial charge >= 0.3 is 0 Å². The summed E-state index contributed by atoms with van der Waals surface area (Å²) < 4.78 is 0. The van der Waals surface area contributed by atoms with Crippen LogP contribution in [0.15, 0.2) is 48.8 Å². The second-order valence-corrected chi connectivity index (χ2v) is 7.42. The lowest BCUT2D eigenvalue weighted by Crippen LogP contribution is -3.14. The molecule has 27 heavy (non-hydrogen) atoms. The maximum Gasteiger partial charge on any atom is 0.268 e. The molecule has 2 aliphatic heterocycles. The smallest absolute Gasteiger partial charge is 0.268 e. The van der Waals surface area contributed by atoms with Crippen LogP contribution in [-0.2, 0) is 10.4 Å². The van der Waals surface area contributed by atoms with E-state index in [9.17, 15) is 14.7 Å². The van der Waals surface area contributed by atoms with Crippen molar-refractivity contribution in [3.8, 4) is 0 Å². The number of para-hydroxylation sites is 1. The molecule has 1 aromatic carbocycles. The monoisotopic (exact) mass is 366 g/mol. The highest BCUT2D eigenvalue weighted by atomic mass is 16.3. The number of hydrogen-bond acceptors (Lipinski definition) is 4. The zero-order chi connectivity index (χ0) is 18.9. The van der Waals surface area contributed by atoms with Crippen LogP contribution in [0.4, 0.5) is 5.69 Å². The first-order valence-corrected chi connectivity index (χ1v) is 9.50. The predicted molar refractivity (Wildman–Crippen MR) is 100 cm³/mol. The summed E-state index contributed by atoms with van der Waals surface area (Å²) in [5.41, 5.74) is -0.194. The van der Waals surface area contributed by atoms with E-state index in [-0.39, 0.29) is 12.2 Å². The second-order valence-electron chi connectivity index (χ2n) is 7.42. The number of likely N-dealkylation sites (tertiary alicyclic amines) is 1. The van der Waals surface area contributed by atoms with Gasteiger partial charge in [0.05, 0.1) is 25.2 Å². The van der Waals surface area contributed by atoms with Crippen LogP contribution in [0.5, 0.6) is 0 Å². The van der Waals surface area contributed by atoms with Crippen molar-refractivity contribution in [3.05, 3.63) is 59.9 Å². The van der Waals surface area contributed by atoms with Gasteiger partial charge in [0.25, 0.3) is 5.91 Å². The van der Waals surface area contributed by atoms with Crippen LogP contribution in [0, 0.1) is 0 Å². The van der Waals surface area contributed by atoms with Gasteiger partial charge in [-0.25, -0.2) is 0 Å². The standard InChI is InChI=1S/C21H23N3O3/c25-19(16-7-6-10-22-14-16)13-21(27)17-8-2-3-9-18(17)24(20(21)26)15-23-11-4-1-5-12-23/h2-3,6-10,14,27H,1,4-5,11-13,15H2/p+1/t21-/m0/s1. The third kappa shape index (κ3) is 3.26. The average Bonchev–Trinajstić information content (AvgIpc) is 2.92. The number of anilines is 1. The van der Waals surface area contributed by atoms with Crippen molar-refractivity contribution in [1.29, 1.82) is 0 Å². The van der Waals surface area contributed by atoms with Crippen LogP contribution in [0.2, 0.25) is 0 Å². The van der Waals surface area contributed by atoms with Gasteiger partial charge < -0.3 is 10.0 Å². The van der Waals surface area contributed by atoms with Crippen molar-refractivity contribution in [2.24, 2.45) is 0 Å². The minimum atomic E-state index is -1.82. The summed E-state index contributed by atoms with van der Waals surface area (Å²) in [7, 11) is 0. The number of nitrogens with zero attached hydrogens (tertiary/aromatic N) is 2. The van der Waals surface area contributed by atoms with Gasteiger partial charge in [0.2, 0.25) is 0 Å². The third-order valence-electron chi connectivity index (χ3n) is 5.58. The number of aromatic nitrogens is 1. The molecule has 0 saturated carbocycles. The molecule has 0 spiro atoms. The van der Waals surface area contributed by atoms with Crippen molar-refractivity contribution in [3.63, 3.8) is 0 Å². The van der Waals surface area contributed by atoms with Gasteiger partial charge in [-0.3, -0.25) is 19.5 Å². The number of benzene rings is 1. The van der Waals surface area contributed by atoms with Crippen molar-refractivity contribution in [2.45, 2.75) is 31.3 Å². The zero-order valence-electron chi connectivity index (χ0n) is 15.2. The highest BCUT2D eigenvalue weighted by molar-refractivity contribution is 6.10. The van der Waals surface area contributed by atoms with Gasteiger partial charge in [-0.2, -0.15) is 0 Å². The number of fused-ring (bicyclic) bond motifs is 1. The fraction of sp³-hybridized carbons (Fsp3) is 0.381. The molecule has 1 amide bonds. The highest BCUT2D eigenvalue weighted by Gasteiger charge is 2.51. The number of carbonyl (C=O) groups excluding carboxylic acids is 2. The summed E-state index contributed by atoms with van der Waals surface area (Å²) in [6, 6.07) is 10.6. The molecule has 0 bridgehead atoms. The maximum absolute atomic E-state index is 13.2.